The molecule has 0 radical (unpaired) electrons. The molecular weight excluding hydrogens is 344 g/mol. The molecule has 7 nitrogen and oxygen atoms in total. The number of unbranched alkanes of at least 4 members (excludes halogenated alkanes) is 3. The van der Waals surface area contributed by atoms with E-state index < -0.39 is 11.9 Å². The van der Waals surface area contributed by atoms with Gasteiger partial charge >= 0.3 is 5.69 Å². The molecule has 2 N–H and O–H groups in total. The van der Waals surface area contributed by atoms with Gasteiger partial charge in [0.2, 0.25) is 11.8 Å². The van der Waals surface area contributed by atoms with Gasteiger partial charge in [0, 0.05) is 13.5 Å². The molecule has 0 spiro atoms. The number of carbonyl (C=O) groups is 2. The van der Waals surface area contributed by atoms with E-state index in [9.17, 15) is 14.4 Å². The number of nitrogens with zero attached hydrogens (tertiary/aromatic N) is 2. The smallest absolute Gasteiger partial charge is 0.320 e. The minimum absolute atomic E-state index is 0.207. The molecule has 1 aliphatic heterocycles. The number of hydrogen-bond acceptors (Lipinski definition) is 4. The molecule has 1 fully saturated rings. The number of nitrogens with one attached hydrogen (secondary N) is 2. The Balaban J connectivity index is 1.85. The Kier molecular flexibility index (Phi) is 6.11. The Labute approximate surface area is 158 Å². The summed E-state index contributed by atoms with van der Waals surface area (Å²) in [6.45, 7) is 1.04. The monoisotopic (exact) mass is 372 g/mol. The molecule has 27 heavy (non-hydrogen) atoms. The van der Waals surface area contributed by atoms with Crippen LogP contribution in [0, 0.1) is 0 Å². The summed E-state index contributed by atoms with van der Waals surface area (Å²) < 4.78 is 3.18. The molecule has 3 rings (SSSR count). The third kappa shape index (κ3) is 3.98. The van der Waals surface area contributed by atoms with Crippen molar-refractivity contribution in [3.05, 3.63) is 34.2 Å². The number of imidazole rings is 1. The average Bonchev–Trinajstić information content (AvgIpc) is 2.90. The maximum Gasteiger partial charge on any atom is 0.329 e. The molecule has 1 aromatic carbocycles. The van der Waals surface area contributed by atoms with E-state index in [4.69, 9.17) is 0 Å². The lowest BCUT2D eigenvalue weighted by Gasteiger charge is -2.21. The molecule has 2 heterocycles. The van der Waals surface area contributed by atoms with Crippen molar-refractivity contribution in [2.24, 2.45) is 7.05 Å². The zero-order valence-electron chi connectivity index (χ0n) is 16.1. The summed E-state index contributed by atoms with van der Waals surface area (Å²) >= 11 is 0. The van der Waals surface area contributed by atoms with Crippen molar-refractivity contribution >= 4 is 22.8 Å². The summed E-state index contributed by atoms with van der Waals surface area (Å²) in [5, 5.41) is 5.51. The minimum atomic E-state index is -0.629. The quantitative estimate of drug-likeness (QED) is 0.545. The first-order valence-corrected chi connectivity index (χ1v) is 9.71. The van der Waals surface area contributed by atoms with E-state index in [1.807, 2.05) is 19.2 Å². The number of amides is 2. The molecule has 7 heteroatoms. The van der Waals surface area contributed by atoms with Gasteiger partial charge in [0.1, 0.15) is 6.04 Å². The van der Waals surface area contributed by atoms with E-state index in [0.29, 0.717) is 6.42 Å². The second-order valence-corrected chi connectivity index (χ2v) is 7.23. The molecule has 1 atom stereocenters. The summed E-state index contributed by atoms with van der Waals surface area (Å²) in [5.41, 5.74) is 2.58. The first-order valence-electron chi connectivity index (χ1n) is 9.71. The molecule has 146 valence electrons. The Morgan fingerprint density at radius 3 is 2.67 bits per heavy atom. The normalized spacial score (nSPS) is 17.5. The van der Waals surface area contributed by atoms with E-state index in [1.54, 1.807) is 16.2 Å². The second-order valence-electron chi connectivity index (χ2n) is 7.23. The van der Waals surface area contributed by atoms with Crippen molar-refractivity contribution in [3.8, 4) is 0 Å². The Morgan fingerprint density at radius 2 is 1.93 bits per heavy atom. The summed E-state index contributed by atoms with van der Waals surface area (Å²) in [6.07, 6.45) is 6.10. The van der Waals surface area contributed by atoms with Gasteiger partial charge in [-0.2, -0.15) is 0 Å². The van der Waals surface area contributed by atoms with E-state index in [2.05, 4.69) is 16.7 Å². The van der Waals surface area contributed by atoms with Crippen LogP contribution < -0.4 is 16.3 Å². The van der Waals surface area contributed by atoms with Crippen LogP contribution in [0.3, 0.4) is 0 Å². The number of para-hydroxylation sites is 1. The fourth-order valence-corrected chi connectivity index (χ4v) is 3.92. The Morgan fingerprint density at radius 1 is 1.15 bits per heavy atom. The second kappa shape index (κ2) is 8.52. The lowest BCUT2D eigenvalue weighted by molar-refractivity contribution is -0.135. The number of imide groups is 1. The maximum atomic E-state index is 12.9. The van der Waals surface area contributed by atoms with Gasteiger partial charge in [-0.15, -0.1) is 0 Å². The number of aromatic nitrogens is 2. The predicted molar refractivity (Wildman–Crippen MR) is 105 cm³/mol. The third-order valence-electron chi connectivity index (χ3n) is 5.33. The van der Waals surface area contributed by atoms with Gasteiger partial charge in [0.25, 0.3) is 0 Å². The third-order valence-corrected chi connectivity index (χ3v) is 5.33. The highest BCUT2D eigenvalue weighted by Gasteiger charge is 2.31. The van der Waals surface area contributed by atoms with Crippen molar-refractivity contribution in [2.75, 3.05) is 13.6 Å². The zero-order valence-corrected chi connectivity index (χ0v) is 16.1. The highest BCUT2D eigenvalue weighted by atomic mass is 16.2. The molecule has 0 bridgehead atoms. The summed E-state index contributed by atoms with van der Waals surface area (Å²) in [4.78, 5) is 36.6. The van der Waals surface area contributed by atoms with Gasteiger partial charge in [0.05, 0.1) is 11.0 Å². The van der Waals surface area contributed by atoms with Crippen molar-refractivity contribution in [3.63, 3.8) is 0 Å². The number of piperidine rings is 1. The highest BCUT2D eigenvalue weighted by molar-refractivity contribution is 6.00. The molecule has 1 unspecified atom stereocenters. The first kappa shape index (κ1) is 19.4. The zero-order chi connectivity index (χ0) is 19.4. The first-order chi connectivity index (χ1) is 13.0. The van der Waals surface area contributed by atoms with Crippen LogP contribution in [0.1, 0.15) is 50.1 Å². The number of fused-ring (bicyclic) bond motifs is 1. The number of carbonyl (C=O) groups excluding carboxylic acids is 2. The van der Waals surface area contributed by atoms with Crippen LogP contribution in [0.15, 0.2) is 23.0 Å². The van der Waals surface area contributed by atoms with Crippen LogP contribution in [-0.4, -0.2) is 34.5 Å². The lowest BCUT2D eigenvalue weighted by atomic mass is 10.0. The van der Waals surface area contributed by atoms with Crippen LogP contribution in [0.4, 0.5) is 0 Å². The van der Waals surface area contributed by atoms with Gasteiger partial charge in [-0.3, -0.25) is 24.0 Å². The summed E-state index contributed by atoms with van der Waals surface area (Å²) in [7, 11) is 3.72. The Bertz CT molecular complexity index is 896. The van der Waals surface area contributed by atoms with Gasteiger partial charge < -0.3 is 5.32 Å². The maximum absolute atomic E-state index is 12.9. The number of rotatable bonds is 8. The van der Waals surface area contributed by atoms with Gasteiger partial charge in [-0.05, 0) is 50.9 Å². The van der Waals surface area contributed by atoms with Crippen LogP contribution >= 0.6 is 0 Å². The highest BCUT2D eigenvalue weighted by Crippen LogP contribution is 2.25. The largest absolute Gasteiger partial charge is 0.329 e. The van der Waals surface area contributed by atoms with E-state index in [0.717, 1.165) is 42.4 Å². The predicted octanol–water partition coefficient (Wildman–Crippen LogP) is 1.64. The molecule has 2 aromatic rings. The van der Waals surface area contributed by atoms with Crippen LogP contribution in [0.5, 0.6) is 0 Å². The topological polar surface area (TPSA) is 85.1 Å². The molecule has 1 saturated heterocycles. The van der Waals surface area contributed by atoms with Crippen molar-refractivity contribution in [1.29, 1.82) is 0 Å². The Hall–Kier alpha value is -2.41. The summed E-state index contributed by atoms with van der Waals surface area (Å²) in [5.74, 6) is -0.667. The van der Waals surface area contributed by atoms with Crippen molar-refractivity contribution in [1.82, 2.24) is 19.8 Å². The molecule has 1 aromatic heterocycles. The SMILES string of the molecule is CNCCCCCCc1cccc2c1n(C)c(=O)n2C1CCC(=O)NC1=O. The minimum Gasteiger partial charge on any atom is -0.320 e. The van der Waals surface area contributed by atoms with Crippen LogP contribution in [0.2, 0.25) is 0 Å². The van der Waals surface area contributed by atoms with Crippen LogP contribution in [0.25, 0.3) is 11.0 Å². The molecule has 1 aliphatic rings. The van der Waals surface area contributed by atoms with Crippen LogP contribution in [-0.2, 0) is 23.1 Å². The van der Waals surface area contributed by atoms with E-state index in [1.165, 1.54) is 12.8 Å². The number of aryl methyl sites for hydroxylation is 2. The van der Waals surface area contributed by atoms with Gasteiger partial charge in [-0.25, -0.2) is 4.79 Å². The molecule has 2 amide bonds. The van der Waals surface area contributed by atoms with E-state index in [-0.39, 0.29) is 18.0 Å². The number of hydrogen-bond donors (Lipinski definition) is 2. The fourth-order valence-electron chi connectivity index (χ4n) is 3.92. The lowest BCUT2D eigenvalue weighted by Crippen LogP contribution is -2.44. The molecular formula is C20H28N4O3. The van der Waals surface area contributed by atoms with Crippen molar-refractivity contribution in [2.45, 2.75) is 51.0 Å². The fraction of sp³-hybridized carbons (Fsp3) is 0.550. The average molecular weight is 372 g/mol. The molecule has 0 aliphatic carbocycles. The van der Waals surface area contributed by atoms with Gasteiger partial charge in [-0.1, -0.05) is 25.0 Å². The van der Waals surface area contributed by atoms with E-state index >= 15 is 0 Å². The molecule has 0 saturated carbocycles. The summed E-state index contributed by atoms with van der Waals surface area (Å²) in [6, 6.07) is 5.26. The standard InChI is InChI=1S/C20H28N4O3/c1-21-13-6-4-3-5-8-14-9-7-10-15-18(14)23(2)20(27)24(15)16-11-12-17(25)22-19(16)26/h7,9-10,16,21H,3-6,8,11-13H2,1-2H3,(H,22,25,26). The van der Waals surface area contributed by atoms with Crippen molar-refractivity contribution < 1.29 is 9.59 Å². The van der Waals surface area contributed by atoms with Gasteiger partial charge in [0.15, 0.2) is 0 Å². The number of benzene rings is 1.